The molecule has 0 atom stereocenters. The van der Waals surface area contributed by atoms with Crippen LogP contribution in [0.3, 0.4) is 0 Å². The molecule has 0 saturated carbocycles. The molecule has 0 spiro atoms. The molecule has 71 heavy (non-hydrogen) atoms. The lowest BCUT2D eigenvalue weighted by Gasteiger charge is -2.47. The molecule has 6 aromatic carbocycles. The van der Waals surface area contributed by atoms with E-state index in [1.807, 2.05) is 11.3 Å². The van der Waals surface area contributed by atoms with Gasteiger partial charge in [-0.2, -0.15) is 0 Å². The van der Waals surface area contributed by atoms with E-state index < -0.39 is 0 Å². The summed E-state index contributed by atoms with van der Waals surface area (Å²) < 4.78 is 2.82. The van der Waals surface area contributed by atoms with Crippen molar-refractivity contribution >= 4 is 78.0 Å². The van der Waals surface area contributed by atoms with Gasteiger partial charge in [0.25, 0.3) is 6.71 Å². The monoisotopic (exact) mass is 955 g/mol. The third-order valence-electron chi connectivity index (χ3n) is 17.9. The van der Waals surface area contributed by atoms with Crippen molar-refractivity contribution in [2.75, 3.05) is 9.80 Å². The Kier molecular flexibility index (Phi) is 10.5. The van der Waals surface area contributed by atoms with E-state index >= 15 is 0 Å². The first-order valence-electron chi connectivity index (χ1n) is 26.9. The van der Waals surface area contributed by atoms with Crippen LogP contribution < -0.4 is 25.5 Å². The Morgan fingerprint density at radius 1 is 0.465 bits per heavy atom. The van der Waals surface area contributed by atoms with Gasteiger partial charge < -0.3 is 9.80 Å². The molecule has 1 aromatic heterocycles. The van der Waals surface area contributed by atoms with Gasteiger partial charge in [-0.05, 0) is 186 Å². The van der Waals surface area contributed by atoms with E-state index in [1.165, 1.54) is 141 Å². The minimum absolute atomic E-state index is 0.00823. The molecule has 4 heteroatoms. The molecule has 2 nitrogen and oxygen atoms in total. The van der Waals surface area contributed by atoms with Crippen molar-refractivity contribution in [3.63, 3.8) is 0 Å². The van der Waals surface area contributed by atoms with Crippen molar-refractivity contribution in [1.29, 1.82) is 0 Å². The molecular formula is C67H79BN2S. The number of hydrogen-bond donors (Lipinski definition) is 0. The predicted octanol–water partition coefficient (Wildman–Crippen LogP) is 17.5. The normalized spacial score (nSPS) is 18.4. The zero-order valence-electron chi connectivity index (χ0n) is 46.5. The minimum atomic E-state index is -0.0235. The highest BCUT2D eigenvalue weighted by atomic mass is 32.1. The Labute approximate surface area is 432 Å². The predicted molar refractivity (Wildman–Crippen MR) is 313 cm³/mol. The molecule has 0 radical (unpaired) electrons. The summed E-state index contributed by atoms with van der Waals surface area (Å²) in [6.45, 7) is 43.4. The molecule has 4 aliphatic rings. The van der Waals surface area contributed by atoms with Gasteiger partial charge in [-0.3, -0.25) is 0 Å². The van der Waals surface area contributed by atoms with E-state index in [0.29, 0.717) is 0 Å². The van der Waals surface area contributed by atoms with E-state index in [4.69, 9.17) is 0 Å². The largest absolute Gasteiger partial charge is 0.311 e. The van der Waals surface area contributed by atoms with Crippen LogP contribution in [0, 0.1) is 6.92 Å². The van der Waals surface area contributed by atoms with Crippen molar-refractivity contribution in [3.8, 4) is 11.1 Å². The van der Waals surface area contributed by atoms with E-state index in [1.54, 1.807) is 0 Å². The van der Waals surface area contributed by atoms with Gasteiger partial charge in [0.1, 0.15) is 0 Å². The number of fused-ring (bicyclic) bond motifs is 8. The van der Waals surface area contributed by atoms with Crippen LogP contribution >= 0.6 is 11.3 Å². The van der Waals surface area contributed by atoms with Crippen LogP contribution in [0.25, 0.3) is 21.2 Å². The SMILES string of the molecule is Cc1cc2c3c(c1)N(c1ccc4c(c1)C(C)(C)CCC4(C)C)c1c(sc4ccc(C(C)(C)C)cc14)B3c1cc3c(cc1N2c1ccc(C(C)(C)C)cc1-c1ccc(C(C)(C)C)cc1)C(C)(C)CCC3(C)C. The lowest BCUT2D eigenvalue weighted by molar-refractivity contribution is 0.332. The average molecular weight is 955 g/mol. The maximum absolute atomic E-state index is 2.73. The van der Waals surface area contributed by atoms with E-state index in [2.05, 4.69) is 238 Å². The van der Waals surface area contributed by atoms with Gasteiger partial charge in [0, 0.05) is 43.2 Å². The fraction of sp³-hybridized carbons (Fsp3) is 0.433. The van der Waals surface area contributed by atoms with E-state index in [0.717, 1.165) is 0 Å². The summed E-state index contributed by atoms with van der Waals surface area (Å²) in [5.74, 6) is 0. The van der Waals surface area contributed by atoms with Gasteiger partial charge in [-0.25, -0.2) is 0 Å². The number of hydrogen-bond acceptors (Lipinski definition) is 3. The quantitative estimate of drug-likeness (QED) is 0.163. The number of thiophene rings is 1. The van der Waals surface area contributed by atoms with Crippen molar-refractivity contribution in [3.05, 3.63) is 148 Å². The van der Waals surface area contributed by atoms with Gasteiger partial charge in [0.2, 0.25) is 0 Å². The first-order chi connectivity index (χ1) is 33.0. The zero-order chi connectivity index (χ0) is 50.9. The Bertz CT molecular complexity index is 3330. The minimum Gasteiger partial charge on any atom is -0.311 e. The van der Waals surface area contributed by atoms with Crippen molar-refractivity contribution in [2.45, 2.75) is 188 Å². The second-order valence-corrected chi connectivity index (χ2v) is 29.2. The number of aryl methyl sites for hydroxylation is 1. The molecule has 2 aliphatic heterocycles. The standard InChI is InChI=1S/C67H79BN2S/c1-40-33-55-58-56(34-40)70(53-27-23-43(62(5,6)7)35-46(53)41-19-21-42(22-20-41)61(2,3)4)54-39-51-50(66(15,16)31-32-67(51,17)18)38-52(54)68(58)60-59(47-36-44(63(8,9)10)24-28-57(47)71-60)69(55)45-25-26-48-49(37-45)65(13,14)30-29-64(48,11)12/h19-28,33-39H,29-32H2,1-18H3. The molecule has 2 aliphatic carbocycles. The van der Waals surface area contributed by atoms with Crippen LogP contribution in [-0.4, -0.2) is 6.71 Å². The van der Waals surface area contributed by atoms with Gasteiger partial charge in [0.05, 0.1) is 11.4 Å². The lowest BCUT2D eigenvalue weighted by Crippen LogP contribution is -2.61. The number of rotatable bonds is 3. The highest BCUT2D eigenvalue weighted by molar-refractivity contribution is 7.33. The summed E-state index contributed by atoms with van der Waals surface area (Å²) in [7, 11) is 0. The van der Waals surface area contributed by atoms with Gasteiger partial charge in [0.15, 0.2) is 0 Å². The van der Waals surface area contributed by atoms with Crippen LogP contribution in [0.5, 0.6) is 0 Å². The van der Waals surface area contributed by atoms with E-state index in [-0.39, 0.29) is 44.6 Å². The Hall–Kier alpha value is -5.06. The maximum atomic E-state index is 2.73. The molecule has 0 N–H and O–H groups in total. The van der Waals surface area contributed by atoms with Crippen LogP contribution in [-0.2, 0) is 37.9 Å². The maximum Gasteiger partial charge on any atom is 0.264 e. The first kappa shape index (κ1) is 48.2. The van der Waals surface area contributed by atoms with Gasteiger partial charge >= 0.3 is 0 Å². The molecular weight excluding hydrogens is 876 g/mol. The lowest BCUT2D eigenvalue weighted by atomic mass is 9.35. The Morgan fingerprint density at radius 2 is 0.972 bits per heavy atom. The fourth-order valence-electron chi connectivity index (χ4n) is 13.0. The summed E-state index contributed by atoms with van der Waals surface area (Å²) in [5.41, 5.74) is 24.9. The molecule has 3 heterocycles. The van der Waals surface area contributed by atoms with Crippen molar-refractivity contribution < 1.29 is 0 Å². The molecule has 0 unspecified atom stereocenters. The molecule has 0 amide bonds. The number of nitrogens with zero attached hydrogens (tertiary/aromatic N) is 2. The Balaban J connectivity index is 1.28. The first-order valence-corrected chi connectivity index (χ1v) is 27.7. The van der Waals surface area contributed by atoms with Crippen LogP contribution in [0.15, 0.2) is 103 Å². The number of benzene rings is 6. The molecule has 366 valence electrons. The van der Waals surface area contributed by atoms with Gasteiger partial charge in [-0.15, -0.1) is 11.3 Å². The third-order valence-corrected chi connectivity index (χ3v) is 19.1. The summed E-state index contributed by atoms with van der Waals surface area (Å²) in [4.78, 5) is 5.45. The van der Waals surface area contributed by atoms with Crippen LogP contribution in [0.4, 0.5) is 34.1 Å². The topological polar surface area (TPSA) is 6.48 Å². The average Bonchev–Trinajstić information content (AvgIpc) is 3.66. The third kappa shape index (κ3) is 7.60. The molecule has 7 aromatic rings. The highest BCUT2D eigenvalue weighted by Gasteiger charge is 2.49. The van der Waals surface area contributed by atoms with Gasteiger partial charge in [-0.1, -0.05) is 166 Å². The van der Waals surface area contributed by atoms with Crippen LogP contribution in [0.1, 0.15) is 188 Å². The second-order valence-electron chi connectivity index (χ2n) is 28.1. The summed E-state index contributed by atoms with van der Waals surface area (Å²) in [6, 6.07) is 42.3. The highest BCUT2D eigenvalue weighted by Crippen LogP contribution is 2.55. The molecule has 0 bridgehead atoms. The molecule has 11 rings (SSSR count). The van der Waals surface area contributed by atoms with Crippen LogP contribution in [0.2, 0.25) is 0 Å². The summed E-state index contributed by atoms with van der Waals surface area (Å²) in [6.07, 6.45) is 4.72. The zero-order valence-corrected chi connectivity index (χ0v) is 47.3. The molecule has 0 saturated heterocycles. The van der Waals surface area contributed by atoms with Crippen molar-refractivity contribution in [1.82, 2.24) is 0 Å². The second kappa shape index (κ2) is 15.5. The smallest absolute Gasteiger partial charge is 0.264 e. The van der Waals surface area contributed by atoms with E-state index in [9.17, 15) is 0 Å². The fourth-order valence-corrected chi connectivity index (χ4v) is 14.3. The Morgan fingerprint density at radius 3 is 1.56 bits per heavy atom. The molecule has 0 fully saturated rings. The summed E-state index contributed by atoms with van der Waals surface area (Å²) >= 11 is 2.03. The van der Waals surface area contributed by atoms with Crippen molar-refractivity contribution in [2.24, 2.45) is 0 Å². The number of anilines is 6. The summed E-state index contributed by atoms with van der Waals surface area (Å²) in [5, 5.41) is 1.37.